The van der Waals surface area contributed by atoms with Crippen molar-refractivity contribution in [3.8, 4) is 0 Å². The van der Waals surface area contributed by atoms with Crippen LogP contribution in [0.5, 0.6) is 0 Å². The van der Waals surface area contributed by atoms with Gasteiger partial charge in [-0.05, 0) is 31.4 Å². The van der Waals surface area contributed by atoms with Crippen LogP contribution in [-0.2, 0) is 4.79 Å². The molecule has 0 aliphatic carbocycles. The Labute approximate surface area is 117 Å². The second-order valence-corrected chi connectivity index (χ2v) is 5.15. The number of carbonyl (C=O) groups excluding carboxylic acids is 1. The number of aldehydes is 1. The zero-order valence-electron chi connectivity index (χ0n) is 12.3. The van der Waals surface area contributed by atoms with Crippen LogP contribution in [0.25, 0.3) is 0 Å². The zero-order chi connectivity index (χ0) is 13.9. The summed E-state index contributed by atoms with van der Waals surface area (Å²) in [5, 5.41) is 3.45. The molecule has 0 aromatic heterocycles. The molecule has 0 aliphatic heterocycles. The lowest BCUT2D eigenvalue weighted by molar-refractivity contribution is -0.108. The zero-order valence-corrected chi connectivity index (χ0v) is 12.3. The molecular formula is C17H27NO. The number of rotatable bonds is 10. The van der Waals surface area contributed by atoms with Crippen LogP contribution in [-0.4, -0.2) is 19.4 Å². The fourth-order valence-electron chi connectivity index (χ4n) is 2.71. The molecule has 1 unspecified atom stereocenters. The maximum absolute atomic E-state index is 10.7. The van der Waals surface area contributed by atoms with Gasteiger partial charge in [0.2, 0.25) is 0 Å². The third kappa shape index (κ3) is 5.56. The molecule has 0 radical (unpaired) electrons. The van der Waals surface area contributed by atoms with Crippen molar-refractivity contribution in [2.45, 2.75) is 57.4 Å². The van der Waals surface area contributed by atoms with Crippen LogP contribution in [0.1, 0.15) is 56.9 Å². The van der Waals surface area contributed by atoms with Gasteiger partial charge in [-0.3, -0.25) is 0 Å². The van der Waals surface area contributed by atoms with Crippen molar-refractivity contribution in [1.29, 1.82) is 0 Å². The summed E-state index contributed by atoms with van der Waals surface area (Å²) in [6.07, 6.45) is 7.59. The smallest absolute Gasteiger partial charge is 0.120 e. The first kappa shape index (κ1) is 15.9. The fraction of sp³-hybridized carbons (Fsp3) is 0.588. The highest BCUT2D eigenvalue weighted by Crippen LogP contribution is 2.27. The van der Waals surface area contributed by atoms with E-state index < -0.39 is 0 Å². The molecule has 0 spiro atoms. The first-order chi connectivity index (χ1) is 9.33. The lowest BCUT2D eigenvalue weighted by Gasteiger charge is -2.27. The number of unbranched alkanes of at least 4 members (excludes halogenated alkanes) is 2. The van der Waals surface area contributed by atoms with Crippen molar-refractivity contribution >= 4 is 6.29 Å². The van der Waals surface area contributed by atoms with Crippen molar-refractivity contribution in [2.75, 3.05) is 7.05 Å². The maximum Gasteiger partial charge on any atom is 0.120 e. The number of benzene rings is 1. The normalized spacial score (nSPS) is 14.0. The van der Waals surface area contributed by atoms with E-state index >= 15 is 0 Å². The average Bonchev–Trinajstić information content (AvgIpc) is 2.47. The Hall–Kier alpha value is -1.15. The van der Waals surface area contributed by atoms with E-state index in [0.29, 0.717) is 18.4 Å². The standard InChI is InChI=1S/C17H27NO/c1-3-4-6-13-17(18-2)16(12-9-14-19)15-10-7-5-8-11-15/h5,7-8,10-11,14,16-18H,3-4,6,9,12-13H2,1-2H3/t16?,17-/m1/s1. The number of likely N-dealkylation sites (N-methyl/N-ethyl adjacent to an activating group) is 1. The minimum atomic E-state index is 0.438. The van der Waals surface area contributed by atoms with Gasteiger partial charge in [-0.1, -0.05) is 56.5 Å². The van der Waals surface area contributed by atoms with E-state index in [1.165, 1.54) is 31.2 Å². The second kappa shape index (κ2) is 9.74. The Morgan fingerprint density at radius 1 is 1.16 bits per heavy atom. The number of carbonyl (C=O) groups is 1. The predicted molar refractivity (Wildman–Crippen MR) is 81.5 cm³/mol. The highest BCUT2D eigenvalue weighted by Gasteiger charge is 2.20. The third-order valence-corrected chi connectivity index (χ3v) is 3.80. The van der Waals surface area contributed by atoms with E-state index in [1.807, 2.05) is 13.1 Å². The molecule has 0 fully saturated rings. The van der Waals surface area contributed by atoms with Gasteiger partial charge in [0, 0.05) is 12.5 Å². The van der Waals surface area contributed by atoms with Crippen LogP contribution in [0.15, 0.2) is 30.3 Å². The Morgan fingerprint density at radius 3 is 2.47 bits per heavy atom. The molecule has 1 rings (SSSR count). The minimum Gasteiger partial charge on any atom is -0.316 e. The summed E-state index contributed by atoms with van der Waals surface area (Å²) in [7, 11) is 2.04. The highest BCUT2D eigenvalue weighted by atomic mass is 16.1. The van der Waals surface area contributed by atoms with Crippen LogP contribution < -0.4 is 5.32 Å². The molecule has 0 saturated heterocycles. The first-order valence-corrected chi connectivity index (χ1v) is 7.49. The van der Waals surface area contributed by atoms with Gasteiger partial charge in [0.1, 0.15) is 6.29 Å². The van der Waals surface area contributed by atoms with Gasteiger partial charge in [0.15, 0.2) is 0 Å². The summed E-state index contributed by atoms with van der Waals surface area (Å²) in [5.74, 6) is 0.438. The quantitative estimate of drug-likeness (QED) is 0.511. The highest BCUT2D eigenvalue weighted by molar-refractivity contribution is 5.49. The summed E-state index contributed by atoms with van der Waals surface area (Å²) in [5.41, 5.74) is 1.35. The van der Waals surface area contributed by atoms with E-state index in [0.717, 1.165) is 12.7 Å². The lowest BCUT2D eigenvalue weighted by atomic mass is 9.85. The fourth-order valence-corrected chi connectivity index (χ4v) is 2.71. The van der Waals surface area contributed by atoms with Crippen LogP contribution in [0, 0.1) is 0 Å². The summed E-state index contributed by atoms with van der Waals surface area (Å²) in [4.78, 5) is 10.7. The minimum absolute atomic E-state index is 0.438. The molecule has 0 aliphatic rings. The third-order valence-electron chi connectivity index (χ3n) is 3.80. The summed E-state index contributed by atoms with van der Waals surface area (Å²) in [6.45, 7) is 2.23. The predicted octanol–water partition coefficient (Wildman–Crippen LogP) is 3.92. The van der Waals surface area contributed by atoms with Crippen molar-refractivity contribution in [2.24, 2.45) is 0 Å². The Morgan fingerprint density at radius 2 is 1.89 bits per heavy atom. The van der Waals surface area contributed by atoms with Crippen molar-refractivity contribution < 1.29 is 4.79 Å². The monoisotopic (exact) mass is 261 g/mol. The van der Waals surface area contributed by atoms with Crippen LogP contribution in [0.3, 0.4) is 0 Å². The van der Waals surface area contributed by atoms with Gasteiger partial charge in [0.05, 0.1) is 0 Å². The molecule has 1 aromatic rings. The van der Waals surface area contributed by atoms with Crippen LogP contribution in [0.4, 0.5) is 0 Å². The van der Waals surface area contributed by atoms with Gasteiger partial charge in [-0.25, -0.2) is 0 Å². The molecule has 106 valence electrons. The molecule has 1 aromatic carbocycles. The largest absolute Gasteiger partial charge is 0.316 e. The van der Waals surface area contributed by atoms with Crippen LogP contribution in [0.2, 0.25) is 0 Å². The van der Waals surface area contributed by atoms with E-state index in [2.05, 4.69) is 36.5 Å². The molecular weight excluding hydrogens is 234 g/mol. The van der Waals surface area contributed by atoms with E-state index in [-0.39, 0.29) is 0 Å². The van der Waals surface area contributed by atoms with Crippen molar-refractivity contribution in [3.63, 3.8) is 0 Å². The van der Waals surface area contributed by atoms with E-state index in [4.69, 9.17) is 0 Å². The first-order valence-electron chi connectivity index (χ1n) is 7.49. The molecule has 0 amide bonds. The summed E-state index contributed by atoms with van der Waals surface area (Å²) < 4.78 is 0. The lowest BCUT2D eigenvalue weighted by Crippen LogP contribution is -2.32. The van der Waals surface area contributed by atoms with Crippen molar-refractivity contribution in [3.05, 3.63) is 35.9 Å². The SMILES string of the molecule is CCCCC[C@@H](NC)C(CCC=O)c1ccccc1. The summed E-state index contributed by atoms with van der Waals surface area (Å²) in [6, 6.07) is 11.0. The molecule has 0 saturated carbocycles. The van der Waals surface area contributed by atoms with E-state index in [1.54, 1.807) is 0 Å². The Kier molecular flexibility index (Phi) is 8.15. The molecule has 2 heteroatoms. The number of hydrogen-bond acceptors (Lipinski definition) is 2. The number of hydrogen-bond donors (Lipinski definition) is 1. The Bertz CT molecular complexity index is 336. The molecule has 2 atom stereocenters. The number of nitrogens with one attached hydrogen (secondary N) is 1. The molecule has 0 bridgehead atoms. The molecule has 2 nitrogen and oxygen atoms in total. The van der Waals surface area contributed by atoms with Crippen LogP contribution >= 0.6 is 0 Å². The molecule has 0 heterocycles. The second-order valence-electron chi connectivity index (χ2n) is 5.15. The summed E-state index contributed by atoms with van der Waals surface area (Å²) >= 11 is 0. The average molecular weight is 261 g/mol. The van der Waals surface area contributed by atoms with Gasteiger partial charge < -0.3 is 10.1 Å². The Balaban J connectivity index is 2.72. The topological polar surface area (TPSA) is 29.1 Å². The van der Waals surface area contributed by atoms with Gasteiger partial charge >= 0.3 is 0 Å². The van der Waals surface area contributed by atoms with E-state index in [9.17, 15) is 4.79 Å². The molecule has 1 N–H and O–H groups in total. The maximum atomic E-state index is 10.7. The van der Waals surface area contributed by atoms with Crippen molar-refractivity contribution in [1.82, 2.24) is 5.32 Å². The van der Waals surface area contributed by atoms with Gasteiger partial charge in [-0.15, -0.1) is 0 Å². The molecule has 19 heavy (non-hydrogen) atoms. The van der Waals surface area contributed by atoms with Gasteiger partial charge in [0.25, 0.3) is 0 Å². The van der Waals surface area contributed by atoms with Gasteiger partial charge in [-0.2, -0.15) is 0 Å².